The standard InChI is InChI=1S/C9H19NO/c1-4-8(2)9(3)10-6-5-7-11/h10-11H,4-7H2,1-3H3/b9-8-. The first kappa shape index (κ1) is 10.5. The number of allylic oxidation sites excluding steroid dienone is 2. The zero-order chi connectivity index (χ0) is 8.69. The van der Waals surface area contributed by atoms with Gasteiger partial charge in [0.15, 0.2) is 0 Å². The van der Waals surface area contributed by atoms with Crippen molar-refractivity contribution in [3.63, 3.8) is 0 Å². The number of hydrogen-bond donors (Lipinski definition) is 2. The molecule has 0 aromatic rings. The zero-order valence-electron chi connectivity index (χ0n) is 7.78. The third-order valence-corrected chi connectivity index (χ3v) is 1.90. The summed E-state index contributed by atoms with van der Waals surface area (Å²) in [5.41, 5.74) is 2.64. The molecule has 0 atom stereocenters. The molecule has 0 aromatic heterocycles. The molecule has 0 saturated heterocycles. The number of rotatable bonds is 5. The SMILES string of the molecule is CC/C(C)=C(/C)NCCCO. The molecule has 0 unspecified atom stereocenters. The Morgan fingerprint density at radius 2 is 2.00 bits per heavy atom. The van der Waals surface area contributed by atoms with E-state index >= 15 is 0 Å². The van der Waals surface area contributed by atoms with Crippen molar-refractivity contribution in [1.82, 2.24) is 5.32 Å². The van der Waals surface area contributed by atoms with Crippen molar-refractivity contribution in [2.45, 2.75) is 33.6 Å². The van der Waals surface area contributed by atoms with Crippen LogP contribution in [-0.2, 0) is 0 Å². The molecule has 0 spiro atoms. The van der Waals surface area contributed by atoms with Crippen molar-refractivity contribution in [2.24, 2.45) is 0 Å². The van der Waals surface area contributed by atoms with Gasteiger partial charge in [0.25, 0.3) is 0 Å². The van der Waals surface area contributed by atoms with Crippen LogP contribution in [0.2, 0.25) is 0 Å². The van der Waals surface area contributed by atoms with Gasteiger partial charge in [0.05, 0.1) is 0 Å². The van der Waals surface area contributed by atoms with Gasteiger partial charge in [-0.15, -0.1) is 0 Å². The molecule has 0 heterocycles. The lowest BCUT2D eigenvalue weighted by atomic mass is 10.2. The smallest absolute Gasteiger partial charge is 0.0447 e. The third kappa shape index (κ3) is 4.85. The molecule has 0 radical (unpaired) electrons. The van der Waals surface area contributed by atoms with Gasteiger partial charge in [-0.05, 0) is 26.7 Å². The van der Waals surface area contributed by atoms with Crippen LogP contribution in [0.4, 0.5) is 0 Å². The van der Waals surface area contributed by atoms with Crippen LogP contribution in [-0.4, -0.2) is 18.3 Å². The molecule has 0 fully saturated rings. The highest BCUT2D eigenvalue weighted by Gasteiger charge is 1.92. The highest BCUT2D eigenvalue weighted by molar-refractivity contribution is 5.06. The van der Waals surface area contributed by atoms with Crippen molar-refractivity contribution in [1.29, 1.82) is 0 Å². The molecule has 2 nitrogen and oxygen atoms in total. The molecular weight excluding hydrogens is 138 g/mol. The Morgan fingerprint density at radius 3 is 2.45 bits per heavy atom. The van der Waals surface area contributed by atoms with Gasteiger partial charge in [0.1, 0.15) is 0 Å². The molecule has 2 N–H and O–H groups in total. The zero-order valence-corrected chi connectivity index (χ0v) is 7.78. The highest BCUT2D eigenvalue weighted by Crippen LogP contribution is 2.03. The molecule has 0 saturated carbocycles. The summed E-state index contributed by atoms with van der Waals surface area (Å²) in [5.74, 6) is 0. The molecule has 0 bridgehead atoms. The van der Waals surface area contributed by atoms with Crippen LogP contribution in [0, 0.1) is 0 Å². The third-order valence-electron chi connectivity index (χ3n) is 1.90. The Morgan fingerprint density at radius 1 is 1.36 bits per heavy atom. The first-order chi connectivity index (χ1) is 5.22. The van der Waals surface area contributed by atoms with Crippen molar-refractivity contribution < 1.29 is 5.11 Å². The fourth-order valence-corrected chi connectivity index (χ4v) is 0.771. The van der Waals surface area contributed by atoms with Crippen molar-refractivity contribution >= 4 is 0 Å². The largest absolute Gasteiger partial charge is 0.396 e. The predicted molar refractivity (Wildman–Crippen MR) is 48.4 cm³/mol. The maximum atomic E-state index is 8.52. The van der Waals surface area contributed by atoms with E-state index in [0.29, 0.717) is 0 Å². The Balaban J connectivity index is 3.58. The Labute approximate surface area is 69.3 Å². The van der Waals surface area contributed by atoms with Gasteiger partial charge in [0.2, 0.25) is 0 Å². The van der Waals surface area contributed by atoms with E-state index in [4.69, 9.17) is 5.11 Å². The summed E-state index contributed by atoms with van der Waals surface area (Å²) in [6, 6.07) is 0. The fraction of sp³-hybridized carbons (Fsp3) is 0.778. The maximum Gasteiger partial charge on any atom is 0.0447 e. The minimum absolute atomic E-state index is 0.269. The summed E-state index contributed by atoms with van der Waals surface area (Å²) in [5, 5.41) is 11.8. The van der Waals surface area contributed by atoms with E-state index in [0.717, 1.165) is 19.4 Å². The van der Waals surface area contributed by atoms with Gasteiger partial charge in [-0.2, -0.15) is 0 Å². The van der Waals surface area contributed by atoms with Gasteiger partial charge in [-0.25, -0.2) is 0 Å². The fourth-order valence-electron chi connectivity index (χ4n) is 0.771. The van der Waals surface area contributed by atoms with E-state index in [2.05, 4.69) is 26.1 Å². The minimum atomic E-state index is 0.269. The quantitative estimate of drug-likeness (QED) is 0.595. The first-order valence-corrected chi connectivity index (χ1v) is 4.23. The average Bonchev–Trinajstić information content (AvgIpc) is 2.03. The summed E-state index contributed by atoms with van der Waals surface area (Å²) >= 11 is 0. The van der Waals surface area contributed by atoms with E-state index in [1.54, 1.807) is 0 Å². The van der Waals surface area contributed by atoms with Crippen molar-refractivity contribution in [3.05, 3.63) is 11.3 Å². The van der Waals surface area contributed by atoms with Gasteiger partial charge >= 0.3 is 0 Å². The molecule has 0 rings (SSSR count). The molecule has 0 aliphatic heterocycles. The monoisotopic (exact) mass is 157 g/mol. The lowest BCUT2D eigenvalue weighted by Gasteiger charge is -2.08. The van der Waals surface area contributed by atoms with E-state index in [9.17, 15) is 0 Å². The van der Waals surface area contributed by atoms with Crippen molar-refractivity contribution in [2.75, 3.05) is 13.2 Å². The number of aliphatic hydroxyl groups excluding tert-OH is 1. The van der Waals surface area contributed by atoms with Crippen LogP contribution < -0.4 is 5.32 Å². The normalized spacial score (nSPS) is 12.7. The molecule has 0 aliphatic carbocycles. The topological polar surface area (TPSA) is 32.3 Å². The molecular formula is C9H19NO. The summed E-state index contributed by atoms with van der Waals surface area (Å²) < 4.78 is 0. The van der Waals surface area contributed by atoms with Gasteiger partial charge < -0.3 is 10.4 Å². The second-order valence-corrected chi connectivity index (χ2v) is 2.76. The Bertz CT molecular complexity index is 130. The van der Waals surface area contributed by atoms with Crippen LogP contribution in [0.3, 0.4) is 0 Å². The van der Waals surface area contributed by atoms with Gasteiger partial charge in [0, 0.05) is 18.8 Å². The van der Waals surface area contributed by atoms with Crippen LogP contribution in [0.5, 0.6) is 0 Å². The highest BCUT2D eigenvalue weighted by atomic mass is 16.3. The Kier molecular flexibility index (Phi) is 5.94. The molecule has 66 valence electrons. The van der Waals surface area contributed by atoms with Crippen molar-refractivity contribution in [3.8, 4) is 0 Å². The van der Waals surface area contributed by atoms with E-state index in [1.165, 1.54) is 11.3 Å². The lowest BCUT2D eigenvalue weighted by Crippen LogP contribution is -2.15. The minimum Gasteiger partial charge on any atom is -0.396 e. The van der Waals surface area contributed by atoms with E-state index < -0.39 is 0 Å². The summed E-state index contributed by atoms with van der Waals surface area (Å²) in [4.78, 5) is 0. The van der Waals surface area contributed by atoms with E-state index in [1.807, 2.05) is 0 Å². The predicted octanol–water partition coefficient (Wildman–Crippen LogP) is 1.66. The van der Waals surface area contributed by atoms with Crippen LogP contribution >= 0.6 is 0 Å². The second kappa shape index (κ2) is 6.23. The number of nitrogens with one attached hydrogen (secondary N) is 1. The second-order valence-electron chi connectivity index (χ2n) is 2.76. The summed E-state index contributed by atoms with van der Waals surface area (Å²) in [6.45, 7) is 7.50. The Hall–Kier alpha value is -0.500. The maximum absolute atomic E-state index is 8.52. The van der Waals surface area contributed by atoms with Gasteiger partial charge in [-0.1, -0.05) is 12.5 Å². The molecule has 0 aliphatic rings. The lowest BCUT2D eigenvalue weighted by molar-refractivity contribution is 0.288. The first-order valence-electron chi connectivity index (χ1n) is 4.23. The molecule has 11 heavy (non-hydrogen) atoms. The van der Waals surface area contributed by atoms with Gasteiger partial charge in [-0.3, -0.25) is 0 Å². The molecule has 0 amide bonds. The van der Waals surface area contributed by atoms with Crippen LogP contribution in [0.15, 0.2) is 11.3 Å². The van der Waals surface area contributed by atoms with E-state index in [-0.39, 0.29) is 6.61 Å². The van der Waals surface area contributed by atoms with Crippen LogP contribution in [0.1, 0.15) is 33.6 Å². The average molecular weight is 157 g/mol. The number of aliphatic hydroxyl groups is 1. The molecule has 2 heteroatoms. The number of hydrogen-bond acceptors (Lipinski definition) is 2. The van der Waals surface area contributed by atoms with Crippen LogP contribution in [0.25, 0.3) is 0 Å². The summed E-state index contributed by atoms with van der Waals surface area (Å²) in [7, 11) is 0. The summed E-state index contributed by atoms with van der Waals surface area (Å²) in [6.07, 6.45) is 1.92. The molecule has 0 aromatic carbocycles.